The number of rotatable bonds is 3. The molecule has 0 amide bonds. The normalized spacial score (nSPS) is 12.6. The highest BCUT2D eigenvalue weighted by Gasteiger charge is 2.10. The van der Waals surface area contributed by atoms with Gasteiger partial charge in [-0.05, 0) is 18.2 Å². The maximum atomic E-state index is 5.81. The molecule has 1 aromatic rings. The molecule has 0 bridgehead atoms. The third-order valence-corrected chi connectivity index (χ3v) is 2.34. The zero-order chi connectivity index (χ0) is 9.84. The molecular formula is C9H13BrN2O. The van der Waals surface area contributed by atoms with E-state index in [1.54, 1.807) is 7.11 Å². The Kier molecular flexibility index (Phi) is 3.71. The van der Waals surface area contributed by atoms with Gasteiger partial charge in [0.1, 0.15) is 5.75 Å². The summed E-state index contributed by atoms with van der Waals surface area (Å²) >= 11 is 3.37. The zero-order valence-corrected chi connectivity index (χ0v) is 9.04. The van der Waals surface area contributed by atoms with Crippen molar-refractivity contribution in [3.05, 3.63) is 28.2 Å². The van der Waals surface area contributed by atoms with Gasteiger partial charge in [-0.25, -0.2) is 0 Å². The molecule has 0 fully saturated rings. The van der Waals surface area contributed by atoms with E-state index in [-0.39, 0.29) is 6.04 Å². The third kappa shape index (κ3) is 2.43. The number of halogens is 1. The van der Waals surface area contributed by atoms with E-state index in [0.29, 0.717) is 6.54 Å². The van der Waals surface area contributed by atoms with Gasteiger partial charge < -0.3 is 16.2 Å². The fraction of sp³-hybridized carbons (Fsp3) is 0.333. The SMILES string of the molecule is COc1ccc(Br)cc1C(N)CN. The molecule has 4 heteroatoms. The van der Waals surface area contributed by atoms with Crippen LogP contribution in [0.2, 0.25) is 0 Å². The molecule has 0 aliphatic rings. The molecule has 0 saturated carbocycles. The van der Waals surface area contributed by atoms with E-state index in [1.807, 2.05) is 18.2 Å². The van der Waals surface area contributed by atoms with Crippen molar-refractivity contribution in [3.63, 3.8) is 0 Å². The number of hydrogen-bond acceptors (Lipinski definition) is 3. The molecule has 0 radical (unpaired) electrons. The molecule has 1 rings (SSSR count). The minimum Gasteiger partial charge on any atom is -0.496 e. The summed E-state index contributed by atoms with van der Waals surface area (Å²) in [6, 6.07) is 5.53. The summed E-state index contributed by atoms with van der Waals surface area (Å²) < 4.78 is 6.15. The molecule has 4 N–H and O–H groups in total. The van der Waals surface area contributed by atoms with Crippen LogP contribution < -0.4 is 16.2 Å². The highest BCUT2D eigenvalue weighted by molar-refractivity contribution is 9.10. The number of hydrogen-bond donors (Lipinski definition) is 2. The number of methoxy groups -OCH3 is 1. The Morgan fingerprint density at radius 3 is 2.77 bits per heavy atom. The zero-order valence-electron chi connectivity index (χ0n) is 7.46. The molecule has 0 aliphatic heterocycles. The van der Waals surface area contributed by atoms with Gasteiger partial charge >= 0.3 is 0 Å². The van der Waals surface area contributed by atoms with Gasteiger partial charge in [0.2, 0.25) is 0 Å². The molecule has 13 heavy (non-hydrogen) atoms. The Bertz CT molecular complexity index is 291. The van der Waals surface area contributed by atoms with Crippen LogP contribution in [0.15, 0.2) is 22.7 Å². The fourth-order valence-electron chi connectivity index (χ4n) is 1.12. The average molecular weight is 245 g/mol. The Hall–Kier alpha value is -0.580. The smallest absolute Gasteiger partial charge is 0.123 e. The molecule has 0 saturated heterocycles. The lowest BCUT2D eigenvalue weighted by atomic mass is 10.1. The average Bonchev–Trinajstić information content (AvgIpc) is 2.16. The molecule has 3 nitrogen and oxygen atoms in total. The summed E-state index contributed by atoms with van der Waals surface area (Å²) in [4.78, 5) is 0. The van der Waals surface area contributed by atoms with Crippen molar-refractivity contribution in [2.45, 2.75) is 6.04 Å². The molecule has 72 valence electrons. The number of ether oxygens (including phenoxy) is 1. The van der Waals surface area contributed by atoms with Crippen molar-refractivity contribution in [2.24, 2.45) is 11.5 Å². The van der Waals surface area contributed by atoms with Gasteiger partial charge in [-0.2, -0.15) is 0 Å². The Balaban J connectivity index is 3.07. The summed E-state index contributed by atoms with van der Waals surface area (Å²) in [5.74, 6) is 0.779. The largest absolute Gasteiger partial charge is 0.496 e. The topological polar surface area (TPSA) is 61.3 Å². The Morgan fingerprint density at radius 1 is 1.54 bits per heavy atom. The van der Waals surface area contributed by atoms with Crippen molar-refractivity contribution in [2.75, 3.05) is 13.7 Å². The van der Waals surface area contributed by atoms with E-state index in [4.69, 9.17) is 16.2 Å². The van der Waals surface area contributed by atoms with Crippen LogP contribution in [0.3, 0.4) is 0 Å². The highest BCUT2D eigenvalue weighted by atomic mass is 79.9. The first-order chi connectivity index (χ1) is 6.19. The Labute approximate surface area is 86.2 Å². The molecule has 1 unspecified atom stereocenters. The molecule has 0 aromatic heterocycles. The van der Waals surface area contributed by atoms with Crippen LogP contribution in [-0.4, -0.2) is 13.7 Å². The number of benzene rings is 1. The maximum Gasteiger partial charge on any atom is 0.123 e. The maximum absolute atomic E-state index is 5.81. The van der Waals surface area contributed by atoms with Crippen LogP contribution in [0.4, 0.5) is 0 Å². The first-order valence-electron chi connectivity index (χ1n) is 3.98. The van der Waals surface area contributed by atoms with Gasteiger partial charge in [-0.1, -0.05) is 15.9 Å². The van der Waals surface area contributed by atoms with E-state index >= 15 is 0 Å². The highest BCUT2D eigenvalue weighted by Crippen LogP contribution is 2.26. The summed E-state index contributed by atoms with van der Waals surface area (Å²) in [6.45, 7) is 0.410. The monoisotopic (exact) mass is 244 g/mol. The lowest BCUT2D eigenvalue weighted by molar-refractivity contribution is 0.406. The van der Waals surface area contributed by atoms with Crippen molar-refractivity contribution in [1.29, 1.82) is 0 Å². The quantitative estimate of drug-likeness (QED) is 0.846. The fourth-order valence-corrected chi connectivity index (χ4v) is 1.50. The van der Waals surface area contributed by atoms with Crippen molar-refractivity contribution >= 4 is 15.9 Å². The van der Waals surface area contributed by atoms with E-state index < -0.39 is 0 Å². The third-order valence-electron chi connectivity index (χ3n) is 1.85. The first kappa shape index (κ1) is 10.5. The molecule has 0 heterocycles. The van der Waals surface area contributed by atoms with Crippen molar-refractivity contribution < 1.29 is 4.74 Å². The summed E-state index contributed by atoms with van der Waals surface area (Å²) in [7, 11) is 1.62. The van der Waals surface area contributed by atoms with Gasteiger partial charge in [0.05, 0.1) is 7.11 Å². The van der Waals surface area contributed by atoms with Crippen LogP contribution in [-0.2, 0) is 0 Å². The standard InChI is InChI=1S/C9H13BrN2O/c1-13-9-3-2-6(10)4-7(9)8(12)5-11/h2-4,8H,5,11-12H2,1H3. The second kappa shape index (κ2) is 4.60. The van der Waals surface area contributed by atoms with E-state index in [0.717, 1.165) is 15.8 Å². The van der Waals surface area contributed by atoms with E-state index in [1.165, 1.54) is 0 Å². The van der Waals surface area contributed by atoms with E-state index in [2.05, 4.69) is 15.9 Å². The van der Waals surface area contributed by atoms with E-state index in [9.17, 15) is 0 Å². The molecule has 0 spiro atoms. The van der Waals surface area contributed by atoms with Crippen LogP contribution in [0.25, 0.3) is 0 Å². The van der Waals surface area contributed by atoms with Gasteiger partial charge in [-0.3, -0.25) is 0 Å². The molecular weight excluding hydrogens is 232 g/mol. The predicted octanol–water partition coefficient (Wildman–Crippen LogP) is 1.42. The first-order valence-corrected chi connectivity index (χ1v) is 4.77. The van der Waals surface area contributed by atoms with Crippen LogP contribution in [0.5, 0.6) is 5.75 Å². The number of nitrogens with two attached hydrogens (primary N) is 2. The predicted molar refractivity (Wildman–Crippen MR) is 56.7 cm³/mol. The van der Waals surface area contributed by atoms with Gasteiger partial charge in [0.15, 0.2) is 0 Å². The lowest BCUT2D eigenvalue weighted by Crippen LogP contribution is -2.21. The van der Waals surface area contributed by atoms with Gasteiger partial charge in [0, 0.05) is 22.6 Å². The van der Waals surface area contributed by atoms with Crippen LogP contribution in [0.1, 0.15) is 11.6 Å². The summed E-state index contributed by atoms with van der Waals surface area (Å²) in [5, 5.41) is 0. The molecule has 1 atom stereocenters. The molecule has 1 aromatic carbocycles. The Morgan fingerprint density at radius 2 is 2.23 bits per heavy atom. The van der Waals surface area contributed by atoms with Gasteiger partial charge in [-0.15, -0.1) is 0 Å². The minimum absolute atomic E-state index is 0.174. The van der Waals surface area contributed by atoms with Crippen molar-refractivity contribution in [1.82, 2.24) is 0 Å². The summed E-state index contributed by atoms with van der Waals surface area (Å²) in [6.07, 6.45) is 0. The van der Waals surface area contributed by atoms with Gasteiger partial charge in [0.25, 0.3) is 0 Å². The van der Waals surface area contributed by atoms with Crippen molar-refractivity contribution in [3.8, 4) is 5.75 Å². The molecule has 0 aliphatic carbocycles. The summed E-state index contributed by atoms with van der Waals surface area (Å²) in [5.41, 5.74) is 12.2. The second-order valence-electron chi connectivity index (χ2n) is 2.73. The lowest BCUT2D eigenvalue weighted by Gasteiger charge is -2.13. The van der Waals surface area contributed by atoms with Crippen LogP contribution in [0, 0.1) is 0 Å². The van der Waals surface area contributed by atoms with Crippen LogP contribution >= 0.6 is 15.9 Å². The minimum atomic E-state index is -0.174. The second-order valence-corrected chi connectivity index (χ2v) is 3.64.